The van der Waals surface area contributed by atoms with Crippen molar-refractivity contribution in [2.45, 2.75) is 6.54 Å². The number of hydrogen-bond donors (Lipinski definition) is 0. The summed E-state index contributed by atoms with van der Waals surface area (Å²) in [5, 5.41) is 1.75. The van der Waals surface area contributed by atoms with Gasteiger partial charge < -0.3 is 4.57 Å². The van der Waals surface area contributed by atoms with Crippen LogP contribution in [0.5, 0.6) is 0 Å². The summed E-state index contributed by atoms with van der Waals surface area (Å²) in [5.41, 5.74) is 1.96. The van der Waals surface area contributed by atoms with E-state index in [0.29, 0.717) is 11.6 Å². The van der Waals surface area contributed by atoms with E-state index in [4.69, 9.17) is 11.6 Å². The van der Waals surface area contributed by atoms with Crippen molar-refractivity contribution >= 4 is 22.5 Å². The van der Waals surface area contributed by atoms with Gasteiger partial charge in [-0.05, 0) is 42.0 Å². The van der Waals surface area contributed by atoms with Crippen LogP contribution in [0.4, 0.5) is 4.39 Å². The monoisotopic (exact) mass is 258 g/mol. The first-order chi connectivity index (χ1) is 8.72. The first-order valence-electron chi connectivity index (χ1n) is 5.63. The van der Waals surface area contributed by atoms with Crippen LogP contribution >= 0.6 is 11.6 Å². The van der Waals surface area contributed by atoms with Crippen LogP contribution in [0.2, 0.25) is 5.02 Å². The van der Waals surface area contributed by atoms with Crippen LogP contribution in [0.25, 0.3) is 10.9 Å². The van der Waals surface area contributed by atoms with Gasteiger partial charge in [-0.15, -0.1) is 0 Å². The second-order valence-corrected chi connectivity index (χ2v) is 4.63. The summed E-state index contributed by atoms with van der Waals surface area (Å²) in [5.74, 6) is -0.216. The normalized spacial score (nSPS) is 11.0. The van der Waals surface area contributed by atoms with Crippen LogP contribution in [0.1, 0.15) is 5.56 Å². The van der Waals surface area contributed by atoms with Crippen LogP contribution < -0.4 is 0 Å². The average molecular weight is 259 g/mol. The Morgan fingerprint density at radius 3 is 2.89 bits per heavy atom. The molecule has 0 N–H and O–H groups in total. The highest BCUT2D eigenvalue weighted by Crippen LogP contribution is 2.21. The van der Waals surface area contributed by atoms with Crippen molar-refractivity contribution < 1.29 is 4.39 Å². The second-order valence-electron chi connectivity index (χ2n) is 4.19. The van der Waals surface area contributed by atoms with Gasteiger partial charge in [0.15, 0.2) is 0 Å². The molecule has 1 radical (unpaired) electrons. The molecule has 0 aliphatic carbocycles. The van der Waals surface area contributed by atoms with Gasteiger partial charge in [0.1, 0.15) is 5.82 Å². The molecule has 3 aromatic rings. The van der Waals surface area contributed by atoms with Crippen molar-refractivity contribution in [1.29, 1.82) is 0 Å². The fraction of sp³-hybridized carbons (Fsp3) is 0.0667. The maximum absolute atomic E-state index is 13.1. The molecule has 2 aromatic carbocycles. The first-order valence-corrected chi connectivity index (χ1v) is 6.01. The lowest BCUT2D eigenvalue weighted by molar-refractivity contribution is 0.624. The second kappa shape index (κ2) is 4.46. The number of aromatic nitrogens is 1. The van der Waals surface area contributed by atoms with Crippen LogP contribution in [-0.2, 0) is 6.54 Å². The summed E-state index contributed by atoms with van der Waals surface area (Å²) in [6.45, 7) is 0.600. The van der Waals surface area contributed by atoms with Crippen molar-refractivity contribution in [2.24, 2.45) is 0 Å². The number of rotatable bonds is 2. The van der Waals surface area contributed by atoms with Crippen LogP contribution in [0, 0.1) is 12.0 Å². The quantitative estimate of drug-likeness (QED) is 0.646. The fourth-order valence-electron chi connectivity index (χ4n) is 2.05. The predicted octanol–water partition coefficient (Wildman–Crippen LogP) is 4.28. The van der Waals surface area contributed by atoms with E-state index in [1.165, 1.54) is 12.1 Å². The standard InChI is InChI=1S/C15H10ClFN/c16-13-4-5-15-12(9-13)6-7-18(15)10-11-2-1-3-14(17)8-11/h1-6,8-9H,10H2. The SMILES string of the molecule is Fc1cccc(Cn2[c]cc3cc(Cl)ccc32)c1. The Kier molecular flexibility index (Phi) is 2.80. The van der Waals surface area contributed by atoms with Gasteiger partial charge in [0.25, 0.3) is 0 Å². The summed E-state index contributed by atoms with van der Waals surface area (Å²) < 4.78 is 15.1. The van der Waals surface area contributed by atoms with Gasteiger partial charge in [-0.25, -0.2) is 4.39 Å². The molecule has 0 fully saturated rings. The zero-order chi connectivity index (χ0) is 12.5. The maximum Gasteiger partial charge on any atom is 0.123 e. The Balaban J connectivity index is 2.00. The van der Waals surface area contributed by atoms with Gasteiger partial charge in [0.2, 0.25) is 0 Å². The van der Waals surface area contributed by atoms with Crippen molar-refractivity contribution in [2.75, 3.05) is 0 Å². The summed E-state index contributed by atoms with van der Waals surface area (Å²) in [6, 6.07) is 14.2. The maximum atomic E-state index is 13.1. The minimum atomic E-state index is -0.216. The molecule has 0 bridgehead atoms. The molecule has 1 aromatic heterocycles. The number of benzene rings is 2. The lowest BCUT2D eigenvalue weighted by atomic mass is 10.2. The van der Waals surface area contributed by atoms with E-state index in [-0.39, 0.29) is 5.82 Å². The number of hydrogen-bond acceptors (Lipinski definition) is 0. The van der Waals surface area contributed by atoms with Gasteiger partial charge in [-0.2, -0.15) is 0 Å². The Hall–Kier alpha value is -1.80. The molecular formula is C15H10ClFN. The lowest BCUT2D eigenvalue weighted by Crippen LogP contribution is -1.98. The Morgan fingerprint density at radius 1 is 1.17 bits per heavy atom. The van der Waals surface area contributed by atoms with E-state index in [0.717, 1.165) is 16.5 Å². The van der Waals surface area contributed by atoms with Gasteiger partial charge in [-0.3, -0.25) is 0 Å². The Labute approximate surface area is 109 Å². The van der Waals surface area contributed by atoms with Gasteiger partial charge in [0.05, 0.1) is 6.20 Å². The van der Waals surface area contributed by atoms with Gasteiger partial charge in [-0.1, -0.05) is 23.7 Å². The smallest absolute Gasteiger partial charge is 0.123 e. The largest absolute Gasteiger partial charge is 0.335 e. The van der Waals surface area contributed by atoms with E-state index in [2.05, 4.69) is 6.20 Å². The number of fused-ring (bicyclic) bond motifs is 1. The molecule has 0 saturated heterocycles. The topological polar surface area (TPSA) is 4.93 Å². The summed E-state index contributed by atoms with van der Waals surface area (Å²) in [4.78, 5) is 0. The van der Waals surface area contributed by atoms with Crippen molar-refractivity contribution in [3.63, 3.8) is 0 Å². The molecule has 89 valence electrons. The molecule has 3 heteroatoms. The van der Waals surface area contributed by atoms with Crippen LogP contribution in [0.3, 0.4) is 0 Å². The highest BCUT2D eigenvalue weighted by Gasteiger charge is 2.03. The third kappa shape index (κ3) is 2.12. The molecule has 0 aliphatic rings. The third-order valence-electron chi connectivity index (χ3n) is 2.89. The molecule has 18 heavy (non-hydrogen) atoms. The van der Waals surface area contributed by atoms with Crippen molar-refractivity contribution in [1.82, 2.24) is 4.57 Å². The molecule has 0 atom stereocenters. The van der Waals surface area contributed by atoms with Crippen LogP contribution in [-0.4, -0.2) is 4.57 Å². The van der Waals surface area contributed by atoms with E-state index in [1.54, 1.807) is 6.07 Å². The minimum Gasteiger partial charge on any atom is -0.335 e. The van der Waals surface area contributed by atoms with E-state index < -0.39 is 0 Å². The first kappa shape index (κ1) is 11.3. The lowest BCUT2D eigenvalue weighted by Gasteiger charge is -2.05. The molecule has 0 unspecified atom stereocenters. The summed E-state index contributed by atoms with van der Waals surface area (Å²) in [6.07, 6.45) is 3.14. The van der Waals surface area contributed by atoms with E-state index in [1.807, 2.05) is 34.9 Å². The van der Waals surface area contributed by atoms with E-state index >= 15 is 0 Å². The molecular weight excluding hydrogens is 249 g/mol. The van der Waals surface area contributed by atoms with Crippen LogP contribution in [0.15, 0.2) is 48.5 Å². The van der Waals surface area contributed by atoms with Gasteiger partial charge >= 0.3 is 0 Å². The number of halogens is 2. The molecule has 0 spiro atoms. The molecule has 1 nitrogen and oxygen atoms in total. The van der Waals surface area contributed by atoms with Gasteiger partial charge in [0, 0.05) is 22.5 Å². The average Bonchev–Trinajstić information content (AvgIpc) is 2.72. The highest BCUT2D eigenvalue weighted by atomic mass is 35.5. The van der Waals surface area contributed by atoms with E-state index in [9.17, 15) is 4.39 Å². The number of nitrogens with zero attached hydrogens (tertiary/aromatic N) is 1. The molecule has 3 rings (SSSR count). The fourth-order valence-corrected chi connectivity index (χ4v) is 2.23. The third-order valence-corrected chi connectivity index (χ3v) is 3.12. The molecule has 1 heterocycles. The zero-order valence-corrected chi connectivity index (χ0v) is 10.3. The summed E-state index contributed by atoms with van der Waals surface area (Å²) >= 11 is 5.94. The molecule has 0 saturated carbocycles. The zero-order valence-electron chi connectivity index (χ0n) is 9.53. The molecule has 0 aliphatic heterocycles. The Morgan fingerprint density at radius 2 is 2.06 bits per heavy atom. The molecule has 0 amide bonds. The minimum absolute atomic E-state index is 0.216. The van der Waals surface area contributed by atoms with Crippen molar-refractivity contribution in [3.05, 3.63) is 71.1 Å². The van der Waals surface area contributed by atoms with Crippen molar-refractivity contribution in [3.8, 4) is 0 Å². The summed E-state index contributed by atoms with van der Waals surface area (Å²) in [7, 11) is 0. The Bertz CT molecular complexity index is 703. The predicted molar refractivity (Wildman–Crippen MR) is 71.3 cm³/mol. The highest BCUT2D eigenvalue weighted by molar-refractivity contribution is 6.31.